The molecule has 0 spiro atoms. The first-order valence-corrected chi connectivity index (χ1v) is 8.93. The Balaban J connectivity index is 1.38. The third-order valence-corrected chi connectivity index (χ3v) is 7.05. The van der Waals surface area contributed by atoms with Crippen molar-refractivity contribution in [1.82, 2.24) is 10.2 Å². The first-order valence-electron chi connectivity index (χ1n) is 8.93. The minimum absolute atomic E-state index is 0.168. The molecule has 3 atom stereocenters. The van der Waals surface area contributed by atoms with Crippen LogP contribution in [-0.2, 0) is 6.42 Å². The third kappa shape index (κ3) is 2.05. The van der Waals surface area contributed by atoms with E-state index < -0.39 is 0 Å². The van der Waals surface area contributed by atoms with Gasteiger partial charge in [0, 0.05) is 31.1 Å². The summed E-state index contributed by atoms with van der Waals surface area (Å²) in [6.45, 7) is 11.5. The molecule has 3 nitrogen and oxygen atoms in total. The molecule has 1 N–H and O–H groups in total. The number of nitrogens with one attached hydrogen (secondary N) is 1. The fourth-order valence-electron chi connectivity index (χ4n) is 4.67. The number of aliphatic imine (C=N–C) groups is 1. The molecule has 1 saturated heterocycles. The van der Waals surface area contributed by atoms with Gasteiger partial charge >= 0.3 is 0 Å². The molecule has 23 heavy (non-hydrogen) atoms. The van der Waals surface area contributed by atoms with Gasteiger partial charge in [-0.1, -0.05) is 38.1 Å². The monoisotopic (exact) mass is 311 g/mol. The van der Waals surface area contributed by atoms with Gasteiger partial charge in [0.15, 0.2) is 5.96 Å². The molecule has 1 aliphatic heterocycles. The van der Waals surface area contributed by atoms with Gasteiger partial charge in [0.2, 0.25) is 0 Å². The third-order valence-electron chi connectivity index (χ3n) is 7.05. The fraction of sp³-hybridized carbons (Fsp3) is 0.650. The minimum Gasteiger partial charge on any atom is -0.356 e. The molecule has 0 bridgehead atoms. The zero-order valence-electron chi connectivity index (χ0n) is 15.1. The smallest absolute Gasteiger partial charge is 0.194 e. The average Bonchev–Trinajstić information content (AvgIpc) is 3.05. The van der Waals surface area contributed by atoms with Gasteiger partial charge in [0.1, 0.15) is 0 Å². The normalized spacial score (nSPS) is 32.8. The summed E-state index contributed by atoms with van der Waals surface area (Å²) in [6, 6.07) is 8.99. The predicted octanol–water partition coefficient (Wildman–Crippen LogP) is 3.27. The summed E-state index contributed by atoms with van der Waals surface area (Å²) in [6.07, 6.45) is 1.27. The highest BCUT2D eigenvalue weighted by Gasteiger charge is 2.56. The van der Waals surface area contributed by atoms with E-state index in [1.165, 1.54) is 6.42 Å². The molecule has 3 aliphatic rings. The van der Waals surface area contributed by atoms with Crippen LogP contribution in [0.5, 0.6) is 0 Å². The van der Waals surface area contributed by atoms with Crippen LogP contribution in [-0.4, -0.2) is 36.5 Å². The van der Waals surface area contributed by atoms with Crippen LogP contribution in [0.1, 0.15) is 44.7 Å². The number of fused-ring (bicyclic) bond motifs is 3. The second kappa shape index (κ2) is 4.75. The Morgan fingerprint density at radius 2 is 2.00 bits per heavy atom. The van der Waals surface area contributed by atoms with Crippen LogP contribution in [0.15, 0.2) is 29.3 Å². The number of nitrogens with zero attached hydrogens (tertiary/aromatic N) is 2. The lowest BCUT2D eigenvalue weighted by Gasteiger charge is -2.62. The lowest BCUT2D eigenvalue weighted by Crippen LogP contribution is -2.72. The Kier molecular flexibility index (Phi) is 3.11. The number of guanidine groups is 1. The molecule has 1 saturated carbocycles. The van der Waals surface area contributed by atoms with Crippen molar-refractivity contribution in [3.8, 4) is 0 Å². The summed E-state index contributed by atoms with van der Waals surface area (Å²) in [7, 11) is 1.91. The Morgan fingerprint density at radius 3 is 2.65 bits per heavy atom. The number of likely N-dealkylation sites (tertiary alicyclic amines) is 1. The summed E-state index contributed by atoms with van der Waals surface area (Å²) in [5, 5.41) is 3.66. The topological polar surface area (TPSA) is 27.6 Å². The van der Waals surface area contributed by atoms with Crippen molar-refractivity contribution in [2.24, 2.45) is 22.2 Å². The van der Waals surface area contributed by atoms with E-state index in [4.69, 9.17) is 0 Å². The van der Waals surface area contributed by atoms with Crippen molar-refractivity contribution in [1.29, 1.82) is 0 Å². The van der Waals surface area contributed by atoms with Crippen molar-refractivity contribution < 1.29 is 0 Å². The van der Waals surface area contributed by atoms with Gasteiger partial charge < -0.3 is 10.2 Å². The van der Waals surface area contributed by atoms with E-state index in [9.17, 15) is 0 Å². The van der Waals surface area contributed by atoms with Gasteiger partial charge in [-0.25, -0.2) is 0 Å². The van der Waals surface area contributed by atoms with Crippen LogP contribution >= 0.6 is 0 Å². The molecular weight excluding hydrogens is 282 g/mol. The SMILES string of the molecule is CN=C(NCC1C2Cc3ccccc3C12)N1CC(C)(C)C1(C)C. The van der Waals surface area contributed by atoms with Crippen molar-refractivity contribution in [2.75, 3.05) is 20.1 Å². The lowest BCUT2D eigenvalue weighted by molar-refractivity contribution is -0.0667. The van der Waals surface area contributed by atoms with Crippen molar-refractivity contribution in [2.45, 2.75) is 45.6 Å². The van der Waals surface area contributed by atoms with Gasteiger partial charge in [0.25, 0.3) is 0 Å². The summed E-state index contributed by atoms with van der Waals surface area (Å²) in [5.41, 5.74) is 3.69. The molecule has 0 aromatic heterocycles. The van der Waals surface area contributed by atoms with E-state index in [2.05, 4.69) is 67.2 Å². The molecule has 4 rings (SSSR count). The first kappa shape index (κ1) is 15.0. The summed E-state index contributed by atoms with van der Waals surface area (Å²) < 4.78 is 0. The Bertz CT molecular complexity index is 659. The maximum Gasteiger partial charge on any atom is 0.194 e. The fourth-order valence-corrected chi connectivity index (χ4v) is 4.67. The van der Waals surface area contributed by atoms with E-state index in [1.54, 1.807) is 11.1 Å². The lowest BCUT2D eigenvalue weighted by atomic mass is 9.65. The summed E-state index contributed by atoms with van der Waals surface area (Å²) in [5.74, 6) is 3.52. The van der Waals surface area contributed by atoms with E-state index in [-0.39, 0.29) is 5.54 Å². The van der Waals surface area contributed by atoms with Crippen LogP contribution < -0.4 is 5.32 Å². The number of hydrogen-bond acceptors (Lipinski definition) is 1. The quantitative estimate of drug-likeness (QED) is 0.670. The Labute approximate surface area is 140 Å². The molecule has 2 aliphatic carbocycles. The van der Waals surface area contributed by atoms with E-state index in [0.29, 0.717) is 5.41 Å². The maximum atomic E-state index is 4.54. The molecular formula is C20H29N3. The highest BCUT2D eigenvalue weighted by Crippen LogP contribution is 2.61. The van der Waals surface area contributed by atoms with Crippen LogP contribution in [0.2, 0.25) is 0 Å². The Hall–Kier alpha value is -1.51. The average molecular weight is 311 g/mol. The summed E-state index contributed by atoms with van der Waals surface area (Å²) >= 11 is 0. The number of benzene rings is 1. The van der Waals surface area contributed by atoms with Crippen LogP contribution in [0.4, 0.5) is 0 Å². The van der Waals surface area contributed by atoms with E-state index >= 15 is 0 Å². The van der Waals surface area contributed by atoms with Gasteiger partial charge in [-0.15, -0.1) is 0 Å². The second-order valence-corrected chi connectivity index (χ2v) is 8.71. The highest BCUT2D eigenvalue weighted by molar-refractivity contribution is 5.82. The maximum absolute atomic E-state index is 4.54. The molecule has 3 heteroatoms. The molecule has 1 heterocycles. The first-order chi connectivity index (χ1) is 10.9. The number of hydrogen-bond donors (Lipinski definition) is 1. The van der Waals surface area contributed by atoms with Crippen LogP contribution in [0.25, 0.3) is 0 Å². The number of rotatable bonds is 2. The van der Waals surface area contributed by atoms with Crippen molar-refractivity contribution in [3.05, 3.63) is 35.4 Å². The second-order valence-electron chi connectivity index (χ2n) is 8.71. The summed E-state index contributed by atoms with van der Waals surface area (Å²) in [4.78, 5) is 6.97. The predicted molar refractivity (Wildman–Crippen MR) is 95.8 cm³/mol. The molecule has 1 aromatic carbocycles. The van der Waals surface area contributed by atoms with Gasteiger partial charge in [-0.2, -0.15) is 0 Å². The minimum atomic E-state index is 0.168. The van der Waals surface area contributed by atoms with Crippen LogP contribution in [0, 0.1) is 17.3 Å². The largest absolute Gasteiger partial charge is 0.356 e. The highest BCUT2D eigenvalue weighted by atomic mass is 15.4. The molecule has 3 unspecified atom stereocenters. The molecule has 0 radical (unpaired) electrons. The van der Waals surface area contributed by atoms with Crippen molar-refractivity contribution in [3.63, 3.8) is 0 Å². The van der Waals surface area contributed by atoms with Crippen LogP contribution in [0.3, 0.4) is 0 Å². The molecule has 2 fully saturated rings. The van der Waals surface area contributed by atoms with Gasteiger partial charge in [0.05, 0.1) is 0 Å². The van der Waals surface area contributed by atoms with Gasteiger partial charge in [-0.05, 0) is 49.1 Å². The Morgan fingerprint density at radius 1 is 1.26 bits per heavy atom. The van der Waals surface area contributed by atoms with Gasteiger partial charge in [-0.3, -0.25) is 4.99 Å². The molecule has 124 valence electrons. The van der Waals surface area contributed by atoms with E-state index in [0.717, 1.165) is 36.8 Å². The van der Waals surface area contributed by atoms with E-state index in [1.807, 2.05) is 7.05 Å². The zero-order chi connectivity index (χ0) is 16.4. The zero-order valence-corrected chi connectivity index (χ0v) is 15.1. The standard InChI is InChI=1S/C20H29N3/c1-19(2)12-23(20(19,3)4)18(21-5)22-11-16-15-10-13-8-6-7-9-14(13)17(15)16/h6-9,15-17H,10-12H2,1-5H3,(H,21,22). The molecule has 1 aromatic rings. The van der Waals surface area contributed by atoms with Crippen molar-refractivity contribution >= 4 is 5.96 Å². The molecule has 0 amide bonds.